The first kappa shape index (κ1) is 16.0. The summed E-state index contributed by atoms with van der Waals surface area (Å²) in [7, 11) is 1.86. The Labute approximate surface area is 153 Å². The Morgan fingerprint density at radius 3 is 2.84 bits per heavy atom. The van der Waals surface area contributed by atoms with E-state index in [1.165, 1.54) is 0 Å². The number of anilines is 1. The number of halogens is 1. The highest BCUT2D eigenvalue weighted by molar-refractivity contribution is 9.10. The first-order valence-corrected chi connectivity index (χ1v) is 8.94. The van der Waals surface area contributed by atoms with Crippen molar-refractivity contribution in [1.82, 2.24) is 29.3 Å². The van der Waals surface area contributed by atoms with Gasteiger partial charge in [-0.05, 0) is 41.9 Å². The fourth-order valence-corrected chi connectivity index (χ4v) is 3.78. The summed E-state index contributed by atoms with van der Waals surface area (Å²) in [5.74, 6) is 1.72. The van der Waals surface area contributed by atoms with Crippen molar-refractivity contribution >= 4 is 43.8 Å². The van der Waals surface area contributed by atoms with Gasteiger partial charge in [-0.1, -0.05) is 12.1 Å². The van der Waals surface area contributed by atoms with Crippen LogP contribution in [0, 0.1) is 0 Å². The summed E-state index contributed by atoms with van der Waals surface area (Å²) in [6.45, 7) is 5.08. The molecular weight excluding hydrogens is 382 g/mol. The lowest BCUT2D eigenvalue weighted by atomic mass is 10.3. The molecule has 8 heteroatoms. The van der Waals surface area contributed by atoms with Gasteiger partial charge in [-0.3, -0.25) is 0 Å². The van der Waals surface area contributed by atoms with Crippen molar-refractivity contribution in [2.75, 3.05) is 5.32 Å². The van der Waals surface area contributed by atoms with Crippen LogP contribution in [0.1, 0.15) is 25.7 Å². The molecule has 4 aromatic rings. The number of hydrogen-bond acceptors (Lipinski definition) is 5. The molecule has 3 aromatic heterocycles. The van der Waals surface area contributed by atoms with Crippen LogP contribution >= 0.6 is 15.9 Å². The predicted octanol–water partition coefficient (Wildman–Crippen LogP) is 3.67. The van der Waals surface area contributed by atoms with Gasteiger partial charge in [0.05, 0.1) is 22.5 Å². The van der Waals surface area contributed by atoms with Gasteiger partial charge < -0.3 is 9.88 Å². The number of aryl methyl sites for hydroxylation is 2. The maximum absolute atomic E-state index is 4.81. The average Bonchev–Trinajstić information content (AvgIpc) is 3.13. The normalized spacial score (nSPS) is 12.8. The lowest BCUT2D eigenvalue weighted by Gasteiger charge is -2.16. The molecule has 0 aliphatic heterocycles. The molecule has 4 rings (SSSR count). The van der Waals surface area contributed by atoms with Crippen LogP contribution in [-0.2, 0) is 13.6 Å². The number of nitrogens with one attached hydrogen (secondary N) is 1. The average molecular weight is 400 g/mol. The zero-order valence-electron chi connectivity index (χ0n) is 14.2. The molecular formula is C17H18BrN7. The Morgan fingerprint density at radius 2 is 2.04 bits per heavy atom. The molecule has 7 nitrogen and oxygen atoms in total. The van der Waals surface area contributed by atoms with Gasteiger partial charge in [0.1, 0.15) is 22.6 Å². The predicted molar refractivity (Wildman–Crippen MR) is 101 cm³/mol. The molecule has 0 bridgehead atoms. The molecule has 0 unspecified atom stereocenters. The van der Waals surface area contributed by atoms with Crippen LogP contribution in [-0.4, -0.2) is 29.3 Å². The number of imidazole rings is 1. The minimum Gasteiger partial charge on any atom is -0.360 e. The third-order valence-electron chi connectivity index (χ3n) is 4.32. The zero-order valence-corrected chi connectivity index (χ0v) is 15.8. The molecule has 0 aliphatic carbocycles. The summed E-state index contributed by atoms with van der Waals surface area (Å²) in [5, 5.41) is 8.71. The summed E-state index contributed by atoms with van der Waals surface area (Å²) in [6.07, 6.45) is 1.55. The molecule has 0 saturated carbocycles. The molecule has 1 N–H and O–H groups in total. The highest BCUT2D eigenvalue weighted by Gasteiger charge is 2.19. The van der Waals surface area contributed by atoms with Gasteiger partial charge >= 0.3 is 0 Å². The first-order chi connectivity index (χ1) is 12.1. The Hall–Kier alpha value is -2.48. The summed E-state index contributed by atoms with van der Waals surface area (Å²) in [5.41, 5.74) is 2.92. The highest BCUT2D eigenvalue weighted by atomic mass is 79.9. The maximum atomic E-state index is 4.81. The van der Waals surface area contributed by atoms with E-state index in [9.17, 15) is 0 Å². The van der Waals surface area contributed by atoms with Crippen molar-refractivity contribution in [3.05, 3.63) is 41.0 Å². The van der Waals surface area contributed by atoms with Gasteiger partial charge in [0, 0.05) is 13.6 Å². The summed E-state index contributed by atoms with van der Waals surface area (Å²) >= 11 is 3.50. The topological polar surface area (TPSA) is 73.5 Å². The Morgan fingerprint density at radius 1 is 1.24 bits per heavy atom. The van der Waals surface area contributed by atoms with Crippen molar-refractivity contribution in [3.63, 3.8) is 0 Å². The molecule has 3 heterocycles. The number of hydrogen-bond donors (Lipinski definition) is 1. The van der Waals surface area contributed by atoms with Crippen molar-refractivity contribution in [1.29, 1.82) is 0 Å². The van der Waals surface area contributed by atoms with E-state index in [4.69, 9.17) is 4.98 Å². The second kappa shape index (κ2) is 6.11. The van der Waals surface area contributed by atoms with Crippen LogP contribution in [0.4, 0.5) is 5.82 Å². The molecule has 1 aromatic carbocycles. The van der Waals surface area contributed by atoms with E-state index in [0.717, 1.165) is 44.9 Å². The fourth-order valence-electron chi connectivity index (χ4n) is 3.18. The van der Waals surface area contributed by atoms with Crippen LogP contribution < -0.4 is 5.32 Å². The van der Waals surface area contributed by atoms with E-state index in [1.807, 2.05) is 25.2 Å². The number of benzene rings is 1. The number of rotatable bonds is 4. The van der Waals surface area contributed by atoms with Gasteiger partial charge in [-0.25, -0.2) is 19.6 Å². The summed E-state index contributed by atoms with van der Waals surface area (Å²) < 4.78 is 4.69. The standard InChI is InChI=1S/C17H18BrN7/c1-4-25-12-8-6-5-7-11(12)22-16(25)10(2)21-15-13-14(18)23-24(3)17(13)20-9-19-15/h5-10H,4H2,1-3H3,(H,19,20,21)/t10-/m0/s1. The highest BCUT2D eigenvalue weighted by Crippen LogP contribution is 2.30. The molecule has 128 valence electrons. The smallest absolute Gasteiger partial charge is 0.164 e. The molecule has 0 aliphatic rings. The minimum absolute atomic E-state index is 0.0162. The molecule has 0 spiro atoms. The first-order valence-electron chi connectivity index (χ1n) is 8.15. The van der Waals surface area contributed by atoms with Gasteiger partial charge in [0.25, 0.3) is 0 Å². The Balaban J connectivity index is 1.77. The minimum atomic E-state index is -0.0162. The second-order valence-corrected chi connectivity index (χ2v) is 6.66. The zero-order chi connectivity index (χ0) is 17.6. The largest absolute Gasteiger partial charge is 0.360 e. The third kappa shape index (κ3) is 2.57. The van der Waals surface area contributed by atoms with E-state index in [2.05, 4.69) is 60.8 Å². The van der Waals surface area contributed by atoms with Gasteiger partial charge in [0.15, 0.2) is 5.65 Å². The van der Waals surface area contributed by atoms with Crippen molar-refractivity contribution in [3.8, 4) is 0 Å². The van der Waals surface area contributed by atoms with Gasteiger partial charge in [-0.2, -0.15) is 5.10 Å². The van der Waals surface area contributed by atoms with E-state index in [1.54, 1.807) is 11.0 Å². The van der Waals surface area contributed by atoms with Crippen LogP contribution in [0.5, 0.6) is 0 Å². The lowest BCUT2D eigenvalue weighted by Crippen LogP contribution is -2.14. The van der Waals surface area contributed by atoms with Crippen molar-refractivity contribution in [2.24, 2.45) is 7.05 Å². The monoisotopic (exact) mass is 399 g/mol. The van der Waals surface area contributed by atoms with Gasteiger partial charge in [-0.15, -0.1) is 0 Å². The molecule has 25 heavy (non-hydrogen) atoms. The van der Waals surface area contributed by atoms with Crippen molar-refractivity contribution in [2.45, 2.75) is 26.4 Å². The number of aromatic nitrogens is 6. The Bertz CT molecular complexity index is 1070. The van der Waals surface area contributed by atoms with E-state index in [0.29, 0.717) is 0 Å². The molecule has 0 saturated heterocycles. The quantitative estimate of drug-likeness (QED) is 0.566. The van der Waals surface area contributed by atoms with Crippen molar-refractivity contribution < 1.29 is 0 Å². The third-order valence-corrected chi connectivity index (χ3v) is 4.87. The maximum Gasteiger partial charge on any atom is 0.164 e. The van der Waals surface area contributed by atoms with E-state index < -0.39 is 0 Å². The Kier molecular flexibility index (Phi) is 3.91. The molecule has 0 amide bonds. The molecule has 0 radical (unpaired) electrons. The van der Waals surface area contributed by atoms with Crippen LogP contribution in [0.3, 0.4) is 0 Å². The number of para-hydroxylation sites is 2. The molecule has 1 atom stereocenters. The fraction of sp³-hybridized carbons (Fsp3) is 0.294. The molecule has 0 fully saturated rings. The number of nitrogens with zero attached hydrogens (tertiary/aromatic N) is 6. The second-order valence-electron chi connectivity index (χ2n) is 5.90. The van der Waals surface area contributed by atoms with E-state index >= 15 is 0 Å². The van der Waals surface area contributed by atoms with Crippen LogP contribution in [0.15, 0.2) is 35.2 Å². The lowest BCUT2D eigenvalue weighted by molar-refractivity contribution is 0.673. The summed E-state index contributed by atoms with van der Waals surface area (Å²) in [4.78, 5) is 13.5. The van der Waals surface area contributed by atoms with Crippen LogP contribution in [0.25, 0.3) is 22.1 Å². The van der Waals surface area contributed by atoms with Gasteiger partial charge in [0.2, 0.25) is 0 Å². The van der Waals surface area contributed by atoms with Crippen LogP contribution in [0.2, 0.25) is 0 Å². The summed E-state index contributed by atoms with van der Waals surface area (Å²) in [6, 6.07) is 8.18. The SMILES string of the molecule is CCn1c([C@H](C)Nc2ncnc3c2c(Br)nn3C)nc2ccccc21. The van der Waals surface area contributed by atoms with E-state index in [-0.39, 0.29) is 6.04 Å². The number of fused-ring (bicyclic) bond motifs is 2.